The van der Waals surface area contributed by atoms with Gasteiger partial charge < -0.3 is 4.74 Å². The molecule has 2 nitrogen and oxygen atoms in total. The fraction of sp³-hybridized carbons (Fsp3) is 0.571. The standard InChI is InChI=1S/C14H19Br2NO/c1-2-5-17(6-4-15)10-12-9-13(16)8-11-3-7-18-14(11)12/h8-9H,2-7,10H2,1H3. The number of rotatable bonds is 6. The molecule has 4 heteroatoms. The predicted octanol–water partition coefficient (Wildman–Crippen LogP) is 3.99. The molecule has 1 aliphatic heterocycles. The van der Waals surface area contributed by atoms with Crippen molar-refractivity contribution in [3.63, 3.8) is 0 Å². The van der Waals surface area contributed by atoms with E-state index in [0.29, 0.717) is 0 Å². The van der Waals surface area contributed by atoms with Crippen molar-refractivity contribution in [2.24, 2.45) is 0 Å². The molecule has 18 heavy (non-hydrogen) atoms. The summed E-state index contributed by atoms with van der Waals surface area (Å²) in [4.78, 5) is 2.47. The van der Waals surface area contributed by atoms with Crippen LogP contribution < -0.4 is 4.74 Å². The summed E-state index contributed by atoms with van der Waals surface area (Å²) in [6, 6.07) is 4.38. The lowest BCUT2D eigenvalue weighted by Crippen LogP contribution is -2.26. The van der Waals surface area contributed by atoms with Gasteiger partial charge in [-0.25, -0.2) is 0 Å². The molecule has 1 aliphatic rings. The van der Waals surface area contributed by atoms with Gasteiger partial charge in [-0.05, 0) is 30.7 Å². The minimum atomic E-state index is 0.824. The Morgan fingerprint density at radius 2 is 2.17 bits per heavy atom. The minimum Gasteiger partial charge on any atom is -0.493 e. The predicted molar refractivity (Wildman–Crippen MR) is 82.7 cm³/mol. The third-order valence-corrected chi connectivity index (χ3v) is 3.97. The highest BCUT2D eigenvalue weighted by atomic mass is 79.9. The molecule has 0 bridgehead atoms. The molecule has 1 aromatic rings. The molecule has 0 atom stereocenters. The Balaban J connectivity index is 2.17. The Kier molecular flexibility index (Phi) is 5.52. The Morgan fingerprint density at radius 3 is 2.89 bits per heavy atom. The molecule has 0 N–H and O–H groups in total. The minimum absolute atomic E-state index is 0.824. The van der Waals surface area contributed by atoms with Crippen LogP contribution in [-0.4, -0.2) is 29.9 Å². The van der Waals surface area contributed by atoms with E-state index in [0.717, 1.165) is 48.2 Å². The smallest absolute Gasteiger partial charge is 0.127 e. The van der Waals surface area contributed by atoms with Gasteiger partial charge in [-0.3, -0.25) is 4.90 Å². The average molecular weight is 377 g/mol. The SMILES string of the molecule is CCCN(CCBr)Cc1cc(Br)cc2c1OCC2. The first-order chi connectivity index (χ1) is 8.74. The van der Waals surface area contributed by atoms with E-state index in [9.17, 15) is 0 Å². The molecule has 0 saturated heterocycles. The van der Waals surface area contributed by atoms with Crippen LogP contribution in [0.15, 0.2) is 16.6 Å². The van der Waals surface area contributed by atoms with Crippen molar-refractivity contribution in [3.05, 3.63) is 27.7 Å². The molecule has 0 aliphatic carbocycles. The Hall–Kier alpha value is -0.0600. The lowest BCUT2D eigenvalue weighted by molar-refractivity contribution is 0.275. The number of benzene rings is 1. The van der Waals surface area contributed by atoms with Crippen LogP contribution in [0.5, 0.6) is 5.75 Å². The van der Waals surface area contributed by atoms with Crippen molar-refractivity contribution >= 4 is 31.9 Å². The molecule has 100 valence electrons. The summed E-state index contributed by atoms with van der Waals surface area (Å²) in [6.07, 6.45) is 2.22. The molecule has 2 rings (SSSR count). The van der Waals surface area contributed by atoms with E-state index >= 15 is 0 Å². The molecular weight excluding hydrogens is 358 g/mol. The molecule has 0 radical (unpaired) electrons. The van der Waals surface area contributed by atoms with E-state index in [4.69, 9.17) is 4.74 Å². The maximum Gasteiger partial charge on any atom is 0.127 e. The molecule has 1 aromatic carbocycles. The van der Waals surface area contributed by atoms with Crippen LogP contribution in [0.2, 0.25) is 0 Å². The van der Waals surface area contributed by atoms with Crippen LogP contribution in [0.25, 0.3) is 0 Å². The van der Waals surface area contributed by atoms with E-state index in [1.807, 2.05) is 0 Å². The number of alkyl halides is 1. The number of halogens is 2. The van der Waals surface area contributed by atoms with Crippen molar-refractivity contribution < 1.29 is 4.74 Å². The average Bonchev–Trinajstić information content (AvgIpc) is 2.77. The van der Waals surface area contributed by atoms with Crippen molar-refractivity contribution in [2.75, 3.05) is 25.0 Å². The molecule has 0 amide bonds. The maximum absolute atomic E-state index is 5.78. The van der Waals surface area contributed by atoms with Crippen LogP contribution >= 0.6 is 31.9 Å². The van der Waals surface area contributed by atoms with Gasteiger partial charge in [0.05, 0.1) is 6.61 Å². The Labute approximate surface area is 126 Å². The lowest BCUT2D eigenvalue weighted by atomic mass is 10.1. The molecule has 0 unspecified atom stereocenters. The third kappa shape index (κ3) is 3.49. The zero-order chi connectivity index (χ0) is 13.0. The van der Waals surface area contributed by atoms with Gasteiger partial charge in [0.1, 0.15) is 5.75 Å². The topological polar surface area (TPSA) is 12.5 Å². The van der Waals surface area contributed by atoms with Crippen LogP contribution in [0.1, 0.15) is 24.5 Å². The fourth-order valence-corrected chi connectivity index (χ4v) is 3.46. The normalized spacial score (nSPS) is 13.8. The van der Waals surface area contributed by atoms with E-state index in [1.165, 1.54) is 17.5 Å². The number of fused-ring (bicyclic) bond motifs is 1. The summed E-state index contributed by atoms with van der Waals surface area (Å²) < 4.78 is 6.95. The van der Waals surface area contributed by atoms with E-state index < -0.39 is 0 Å². The summed E-state index contributed by atoms with van der Waals surface area (Å²) in [6.45, 7) is 6.23. The molecule has 0 spiro atoms. The van der Waals surface area contributed by atoms with Crippen LogP contribution in [-0.2, 0) is 13.0 Å². The molecule has 0 saturated carbocycles. The highest BCUT2D eigenvalue weighted by Crippen LogP contribution is 2.33. The Morgan fingerprint density at radius 1 is 1.33 bits per heavy atom. The zero-order valence-electron chi connectivity index (χ0n) is 10.7. The number of hydrogen-bond acceptors (Lipinski definition) is 2. The molecule has 1 heterocycles. The maximum atomic E-state index is 5.78. The molecule has 0 aromatic heterocycles. The van der Waals surface area contributed by atoms with Crippen LogP contribution in [0.3, 0.4) is 0 Å². The monoisotopic (exact) mass is 375 g/mol. The van der Waals surface area contributed by atoms with Gasteiger partial charge in [0.25, 0.3) is 0 Å². The number of ether oxygens (including phenoxy) is 1. The first-order valence-electron chi connectivity index (χ1n) is 6.47. The van der Waals surface area contributed by atoms with Gasteiger partial charge in [0, 0.05) is 34.9 Å². The third-order valence-electron chi connectivity index (χ3n) is 3.16. The quantitative estimate of drug-likeness (QED) is 0.696. The van der Waals surface area contributed by atoms with E-state index in [1.54, 1.807) is 0 Å². The van der Waals surface area contributed by atoms with Gasteiger partial charge in [0.2, 0.25) is 0 Å². The van der Waals surface area contributed by atoms with Gasteiger partial charge >= 0.3 is 0 Å². The second-order valence-corrected chi connectivity index (χ2v) is 6.33. The van der Waals surface area contributed by atoms with Gasteiger partial charge in [-0.1, -0.05) is 38.8 Å². The summed E-state index contributed by atoms with van der Waals surface area (Å²) in [5, 5.41) is 1.02. The second kappa shape index (κ2) is 6.92. The highest BCUT2D eigenvalue weighted by Gasteiger charge is 2.18. The van der Waals surface area contributed by atoms with Crippen molar-refractivity contribution in [3.8, 4) is 5.75 Å². The summed E-state index contributed by atoms with van der Waals surface area (Å²) in [5.41, 5.74) is 2.65. The fourth-order valence-electron chi connectivity index (χ4n) is 2.41. The Bertz CT molecular complexity index is 403. The van der Waals surface area contributed by atoms with Crippen LogP contribution in [0, 0.1) is 0 Å². The van der Waals surface area contributed by atoms with Crippen molar-refractivity contribution in [2.45, 2.75) is 26.3 Å². The van der Waals surface area contributed by atoms with Crippen LogP contribution in [0.4, 0.5) is 0 Å². The summed E-state index contributed by atoms with van der Waals surface area (Å²) in [5.74, 6) is 1.12. The first-order valence-corrected chi connectivity index (χ1v) is 8.38. The highest BCUT2D eigenvalue weighted by molar-refractivity contribution is 9.10. The summed E-state index contributed by atoms with van der Waals surface area (Å²) in [7, 11) is 0. The van der Waals surface area contributed by atoms with Gasteiger partial charge in [-0.15, -0.1) is 0 Å². The van der Waals surface area contributed by atoms with Gasteiger partial charge in [0.15, 0.2) is 0 Å². The van der Waals surface area contributed by atoms with Crippen molar-refractivity contribution in [1.82, 2.24) is 4.90 Å². The summed E-state index contributed by atoms with van der Waals surface area (Å²) >= 11 is 7.13. The van der Waals surface area contributed by atoms with E-state index in [-0.39, 0.29) is 0 Å². The van der Waals surface area contributed by atoms with E-state index in [2.05, 4.69) is 55.8 Å². The first kappa shape index (κ1) is 14.4. The lowest BCUT2D eigenvalue weighted by Gasteiger charge is -2.22. The zero-order valence-corrected chi connectivity index (χ0v) is 13.9. The molecular formula is C14H19Br2NO. The van der Waals surface area contributed by atoms with Crippen molar-refractivity contribution in [1.29, 1.82) is 0 Å². The number of nitrogens with zero attached hydrogens (tertiary/aromatic N) is 1. The largest absolute Gasteiger partial charge is 0.493 e. The molecule has 0 fully saturated rings. The number of hydrogen-bond donors (Lipinski definition) is 0. The second-order valence-electron chi connectivity index (χ2n) is 4.62. The van der Waals surface area contributed by atoms with Gasteiger partial charge in [-0.2, -0.15) is 0 Å².